The normalized spacial score (nSPS) is 16.6. The number of nitrogens with zero attached hydrogens (tertiary/aromatic N) is 3. The number of nitrogens with one attached hydrogen (secondary N) is 1. The summed E-state index contributed by atoms with van der Waals surface area (Å²) in [6.07, 6.45) is 1.70. The van der Waals surface area contributed by atoms with Gasteiger partial charge in [0, 0.05) is 17.3 Å². The smallest absolute Gasteiger partial charge is 0.228 e. The van der Waals surface area contributed by atoms with Crippen molar-refractivity contribution in [1.82, 2.24) is 14.5 Å². The molecule has 1 fully saturated rings. The summed E-state index contributed by atoms with van der Waals surface area (Å²) < 4.78 is 15.6. The summed E-state index contributed by atoms with van der Waals surface area (Å²) in [5.74, 6) is 0.333. The van der Waals surface area contributed by atoms with Gasteiger partial charge in [0.15, 0.2) is 0 Å². The quantitative estimate of drug-likeness (QED) is 0.351. The first-order valence-electron chi connectivity index (χ1n) is 11.2. The Morgan fingerprint density at radius 1 is 1.09 bits per heavy atom. The van der Waals surface area contributed by atoms with Gasteiger partial charge in [0.05, 0.1) is 34.2 Å². The number of para-hydroxylation sites is 2. The standard InChI is InChI=1S/C26H23Cl2FN4O/c27-18-7-12-21(28)23(14-18)31-26(34)17-4-3-13-32(15-17)16-25-30-22-5-1-2-6-24(22)33(25)20-10-8-19(29)9-11-20/h1-2,5-12,14,17H,3-4,13,15-16H2,(H,31,34)/t17-/m0/s1. The molecule has 1 aliphatic rings. The molecule has 1 saturated heterocycles. The Morgan fingerprint density at radius 2 is 1.88 bits per heavy atom. The summed E-state index contributed by atoms with van der Waals surface area (Å²) in [5, 5.41) is 3.91. The largest absolute Gasteiger partial charge is 0.324 e. The van der Waals surface area contributed by atoms with E-state index in [1.165, 1.54) is 12.1 Å². The number of piperidine rings is 1. The Balaban J connectivity index is 1.37. The highest BCUT2D eigenvalue weighted by molar-refractivity contribution is 6.35. The van der Waals surface area contributed by atoms with E-state index in [-0.39, 0.29) is 17.6 Å². The van der Waals surface area contributed by atoms with E-state index < -0.39 is 0 Å². The zero-order chi connectivity index (χ0) is 23.7. The van der Waals surface area contributed by atoms with Crippen LogP contribution in [0.3, 0.4) is 0 Å². The van der Waals surface area contributed by atoms with E-state index in [9.17, 15) is 9.18 Å². The first kappa shape index (κ1) is 22.8. The Kier molecular flexibility index (Phi) is 6.55. The molecule has 1 aliphatic heterocycles. The number of amides is 1. The molecular formula is C26H23Cl2FN4O. The molecule has 0 aliphatic carbocycles. The summed E-state index contributed by atoms with van der Waals surface area (Å²) in [4.78, 5) is 20.1. The van der Waals surface area contributed by atoms with Crippen LogP contribution >= 0.6 is 23.2 Å². The minimum atomic E-state index is -0.278. The van der Waals surface area contributed by atoms with Gasteiger partial charge < -0.3 is 5.32 Å². The van der Waals surface area contributed by atoms with Crippen molar-refractivity contribution < 1.29 is 9.18 Å². The summed E-state index contributed by atoms with van der Waals surface area (Å²) >= 11 is 12.3. The number of hydrogen-bond acceptors (Lipinski definition) is 3. The van der Waals surface area contributed by atoms with Gasteiger partial charge in [-0.1, -0.05) is 35.3 Å². The van der Waals surface area contributed by atoms with E-state index in [0.29, 0.717) is 28.8 Å². The molecule has 1 amide bonds. The molecule has 4 aromatic rings. The van der Waals surface area contributed by atoms with Crippen LogP contribution in [0.25, 0.3) is 16.7 Å². The lowest BCUT2D eigenvalue weighted by Crippen LogP contribution is -2.40. The first-order valence-corrected chi connectivity index (χ1v) is 11.9. The highest BCUT2D eigenvalue weighted by Gasteiger charge is 2.27. The lowest BCUT2D eigenvalue weighted by Gasteiger charge is -2.32. The van der Waals surface area contributed by atoms with E-state index in [1.807, 2.05) is 24.3 Å². The molecule has 3 aromatic carbocycles. The van der Waals surface area contributed by atoms with Crippen molar-refractivity contribution in [2.24, 2.45) is 5.92 Å². The van der Waals surface area contributed by atoms with Crippen LogP contribution < -0.4 is 5.32 Å². The molecule has 1 atom stereocenters. The van der Waals surface area contributed by atoms with E-state index in [2.05, 4.69) is 14.8 Å². The van der Waals surface area contributed by atoms with Crippen molar-refractivity contribution in [3.63, 3.8) is 0 Å². The Morgan fingerprint density at radius 3 is 2.71 bits per heavy atom. The summed E-state index contributed by atoms with van der Waals surface area (Å²) in [6.45, 7) is 2.05. The maximum Gasteiger partial charge on any atom is 0.228 e. The van der Waals surface area contributed by atoms with E-state index in [4.69, 9.17) is 28.2 Å². The van der Waals surface area contributed by atoms with Crippen molar-refractivity contribution in [3.8, 4) is 5.69 Å². The fourth-order valence-corrected chi connectivity index (χ4v) is 4.84. The highest BCUT2D eigenvalue weighted by Crippen LogP contribution is 2.28. The number of rotatable bonds is 5. The summed E-state index contributed by atoms with van der Waals surface area (Å²) in [6, 6.07) is 19.4. The van der Waals surface area contributed by atoms with Crippen LogP contribution in [0.1, 0.15) is 18.7 Å². The van der Waals surface area contributed by atoms with Gasteiger partial charge in [-0.25, -0.2) is 9.37 Å². The van der Waals surface area contributed by atoms with Gasteiger partial charge in [-0.05, 0) is 74.0 Å². The van der Waals surface area contributed by atoms with E-state index in [0.717, 1.165) is 41.9 Å². The number of imidazole rings is 1. The zero-order valence-electron chi connectivity index (χ0n) is 18.3. The molecule has 8 heteroatoms. The van der Waals surface area contributed by atoms with Gasteiger partial charge in [-0.3, -0.25) is 14.3 Å². The number of likely N-dealkylation sites (tertiary alicyclic amines) is 1. The number of carbonyl (C=O) groups excluding carboxylic acids is 1. The van der Waals surface area contributed by atoms with Crippen LogP contribution in [-0.2, 0) is 11.3 Å². The average Bonchev–Trinajstić information content (AvgIpc) is 3.20. The zero-order valence-corrected chi connectivity index (χ0v) is 19.9. The third-order valence-electron chi connectivity index (χ3n) is 6.14. The number of carbonyl (C=O) groups is 1. The predicted octanol–water partition coefficient (Wildman–Crippen LogP) is 6.32. The topological polar surface area (TPSA) is 50.2 Å². The van der Waals surface area contributed by atoms with Gasteiger partial charge in [0.1, 0.15) is 11.6 Å². The predicted molar refractivity (Wildman–Crippen MR) is 134 cm³/mol. The van der Waals surface area contributed by atoms with Gasteiger partial charge in [-0.2, -0.15) is 0 Å². The van der Waals surface area contributed by atoms with Crippen molar-refractivity contribution in [2.75, 3.05) is 18.4 Å². The van der Waals surface area contributed by atoms with Crippen LogP contribution in [0.5, 0.6) is 0 Å². The average molecular weight is 497 g/mol. The lowest BCUT2D eigenvalue weighted by molar-refractivity contribution is -0.121. The van der Waals surface area contributed by atoms with Crippen molar-refractivity contribution in [2.45, 2.75) is 19.4 Å². The summed E-state index contributed by atoms with van der Waals surface area (Å²) in [5.41, 5.74) is 3.22. The van der Waals surface area contributed by atoms with Gasteiger partial charge in [0.25, 0.3) is 0 Å². The fraction of sp³-hybridized carbons (Fsp3) is 0.231. The minimum absolute atomic E-state index is 0.0686. The van der Waals surface area contributed by atoms with Gasteiger partial charge in [0.2, 0.25) is 5.91 Å². The van der Waals surface area contributed by atoms with Crippen LogP contribution in [0.2, 0.25) is 10.0 Å². The Bertz CT molecular complexity index is 1340. The second-order valence-electron chi connectivity index (χ2n) is 8.52. The maximum absolute atomic E-state index is 13.6. The molecule has 1 N–H and O–H groups in total. The molecule has 0 unspecified atom stereocenters. The van der Waals surface area contributed by atoms with Crippen LogP contribution in [0.15, 0.2) is 66.7 Å². The molecule has 0 bridgehead atoms. The Hall–Kier alpha value is -2.93. The van der Waals surface area contributed by atoms with Gasteiger partial charge >= 0.3 is 0 Å². The summed E-state index contributed by atoms with van der Waals surface area (Å²) in [7, 11) is 0. The van der Waals surface area contributed by atoms with E-state index in [1.54, 1.807) is 30.3 Å². The third kappa shape index (κ3) is 4.80. The first-order chi connectivity index (χ1) is 16.5. The number of benzene rings is 3. The molecule has 34 heavy (non-hydrogen) atoms. The number of halogens is 3. The minimum Gasteiger partial charge on any atom is -0.324 e. The van der Waals surface area contributed by atoms with Crippen molar-refractivity contribution >= 4 is 45.8 Å². The second-order valence-corrected chi connectivity index (χ2v) is 9.36. The number of fused-ring (bicyclic) bond motifs is 1. The van der Waals surface area contributed by atoms with Crippen LogP contribution in [-0.4, -0.2) is 33.4 Å². The molecule has 5 rings (SSSR count). The molecule has 2 heterocycles. The SMILES string of the molecule is O=C(Nc1cc(Cl)ccc1Cl)[C@H]1CCCN(Cc2nc3ccccc3n2-c2ccc(F)cc2)C1. The molecule has 174 valence electrons. The monoisotopic (exact) mass is 496 g/mol. The number of aromatic nitrogens is 2. The highest BCUT2D eigenvalue weighted by atomic mass is 35.5. The lowest BCUT2D eigenvalue weighted by atomic mass is 9.97. The third-order valence-corrected chi connectivity index (χ3v) is 6.71. The molecule has 0 saturated carbocycles. The van der Waals surface area contributed by atoms with E-state index >= 15 is 0 Å². The number of anilines is 1. The van der Waals surface area contributed by atoms with Crippen LogP contribution in [0, 0.1) is 11.7 Å². The molecule has 5 nitrogen and oxygen atoms in total. The molecule has 0 spiro atoms. The second kappa shape index (κ2) is 9.74. The number of hydrogen-bond donors (Lipinski definition) is 1. The van der Waals surface area contributed by atoms with Gasteiger partial charge in [-0.15, -0.1) is 0 Å². The maximum atomic E-state index is 13.6. The molecule has 0 radical (unpaired) electrons. The fourth-order valence-electron chi connectivity index (χ4n) is 4.50. The van der Waals surface area contributed by atoms with Crippen molar-refractivity contribution in [1.29, 1.82) is 0 Å². The molecular weight excluding hydrogens is 474 g/mol. The Labute approximate surface area is 207 Å². The van der Waals surface area contributed by atoms with Crippen LogP contribution in [0.4, 0.5) is 10.1 Å². The molecule has 1 aromatic heterocycles. The van der Waals surface area contributed by atoms with Crippen molar-refractivity contribution in [3.05, 3.63) is 88.4 Å².